The number of carbonyl (C=O) groups excluding carboxylic acids is 2. The van der Waals surface area contributed by atoms with Gasteiger partial charge in [-0.05, 0) is 56.0 Å². The number of aromatic nitrogens is 2. The van der Waals surface area contributed by atoms with Gasteiger partial charge in [0.25, 0.3) is 5.91 Å². The molecule has 1 unspecified atom stereocenters. The number of hydrogen-bond acceptors (Lipinski definition) is 3. The highest BCUT2D eigenvalue weighted by molar-refractivity contribution is 6.31. The van der Waals surface area contributed by atoms with Gasteiger partial charge in [0.15, 0.2) is 0 Å². The number of anilines is 1. The molecular weight excluding hydrogens is 460 g/mol. The molecule has 0 spiro atoms. The minimum atomic E-state index is -1.15. The summed E-state index contributed by atoms with van der Waals surface area (Å²) >= 11 is 6.29. The fourth-order valence-corrected chi connectivity index (χ4v) is 5.43. The van der Waals surface area contributed by atoms with Gasteiger partial charge in [-0.25, -0.2) is 0 Å². The van der Waals surface area contributed by atoms with Crippen molar-refractivity contribution in [2.75, 3.05) is 4.90 Å². The first-order chi connectivity index (χ1) is 16.9. The van der Waals surface area contributed by atoms with Crippen LogP contribution in [0.3, 0.4) is 0 Å². The highest BCUT2D eigenvalue weighted by Gasteiger charge is 2.49. The average molecular weight is 491 g/mol. The first-order valence-electron chi connectivity index (χ1n) is 12.5. The standard InChI is InChI=1S/C28H31ClN4O2/c1-3-19-12-14-20(15-13-19)24-17-25-26(34)33(23-11-7-8-21(29)16-23)28(2,18-32(25)31-24)27(35)30-22-9-5-4-6-10-22/h7-8,11-17,22H,3-6,9-10,18H2,1-2H3,(H,30,35). The number of halogens is 1. The summed E-state index contributed by atoms with van der Waals surface area (Å²) in [5, 5.41) is 8.51. The van der Waals surface area contributed by atoms with Crippen LogP contribution in [0.2, 0.25) is 5.02 Å². The quantitative estimate of drug-likeness (QED) is 0.503. The summed E-state index contributed by atoms with van der Waals surface area (Å²) in [4.78, 5) is 29.3. The average Bonchev–Trinajstić information content (AvgIpc) is 3.29. The van der Waals surface area contributed by atoms with Gasteiger partial charge in [-0.1, -0.05) is 68.1 Å². The predicted octanol–water partition coefficient (Wildman–Crippen LogP) is 5.63. The Morgan fingerprint density at radius 3 is 2.54 bits per heavy atom. The SMILES string of the molecule is CCc1ccc(-c2cc3n(n2)CC(C)(C(=O)NC2CCCCC2)N(c2cccc(Cl)c2)C3=O)cc1. The molecule has 2 aromatic carbocycles. The molecule has 1 aliphatic heterocycles. The third-order valence-electron chi connectivity index (χ3n) is 7.31. The molecule has 1 aromatic heterocycles. The molecule has 6 nitrogen and oxygen atoms in total. The molecular formula is C28H31ClN4O2. The van der Waals surface area contributed by atoms with Crippen LogP contribution in [-0.4, -0.2) is 33.2 Å². The predicted molar refractivity (Wildman–Crippen MR) is 139 cm³/mol. The molecule has 1 N–H and O–H groups in total. The lowest BCUT2D eigenvalue weighted by molar-refractivity contribution is -0.127. The number of fused-ring (bicyclic) bond motifs is 1. The zero-order valence-electron chi connectivity index (χ0n) is 20.3. The first kappa shape index (κ1) is 23.6. The van der Waals surface area contributed by atoms with E-state index >= 15 is 0 Å². The van der Waals surface area contributed by atoms with E-state index in [2.05, 4.69) is 24.4 Å². The number of benzene rings is 2. The fraction of sp³-hybridized carbons (Fsp3) is 0.393. The molecule has 0 radical (unpaired) electrons. The van der Waals surface area contributed by atoms with E-state index in [1.54, 1.807) is 27.8 Å². The number of nitrogens with zero attached hydrogens (tertiary/aromatic N) is 3. The topological polar surface area (TPSA) is 67.2 Å². The maximum Gasteiger partial charge on any atom is 0.277 e. The second-order valence-corrected chi connectivity index (χ2v) is 10.3. The molecule has 182 valence electrons. The van der Waals surface area contributed by atoms with Crippen LogP contribution in [0.25, 0.3) is 11.3 Å². The number of carbonyl (C=O) groups is 2. The zero-order chi connectivity index (χ0) is 24.6. The van der Waals surface area contributed by atoms with Gasteiger partial charge < -0.3 is 5.32 Å². The van der Waals surface area contributed by atoms with Crippen LogP contribution in [-0.2, 0) is 17.8 Å². The van der Waals surface area contributed by atoms with E-state index in [1.807, 2.05) is 31.2 Å². The van der Waals surface area contributed by atoms with E-state index in [0.717, 1.165) is 43.4 Å². The Bertz CT molecular complexity index is 1250. The van der Waals surface area contributed by atoms with Crippen LogP contribution in [0.5, 0.6) is 0 Å². The molecule has 2 heterocycles. The lowest BCUT2D eigenvalue weighted by Crippen LogP contribution is -2.65. The Balaban J connectivity index is 1.54. The van der Waals surface area contributed by atoms with Crippen molar-refractivity contribution in [3.8, 4) is 11.3 Å². The Hall–Kier alpha value is -3.12. The number of amides is 2. The number of hydrogen-bond donors (Lipinski definition) is 1. The van der Waals surface area contributed by atoms with Crippen molar-refractivity contribution in [3.05, 3.63) is 70.9 Å². The van der Waals surface area contributed by atoms with Gasteiger partial charge in [-0.3, -0.25) is 19.2 Å². The molecule has 1 fully saturated rings. The third kappa shape index (κ3) is 4.47. The normalized spacial score (nSPS) is 20.5. The molecule has 0 saturated heterocycles. The lowest BCUT2D eigenvalue weighted by Gasteiger charge is -2.44. The summed E-state index contributed by atoms with van der Waals surface area (Å²) in [5.41, 5.74) is 2.82. The van der Waals surface area contributed by atoms with E-state index in [9.17, 15) is 9.59 Å². The maximum absolute atomic E-state index is 13.9. The Labute approximate surface area is 211 Å². The second-order valence-electron chi connectivity index (χ2n) is 9.83. The molecule has 7 heteroatoms. The minimum absolute atomic E-state index is 0.135. The summed E-state index contributed by atoms with van der Waals surface area (Å²) in [6.07, 6.45) is 6.33. The Kier molecular flexibility index (Phi) is 6.41. The van der Waals surface area contributed by atoms with E-state index in [4.69, 9.17) is 16.7 Å². The van der Waals surface area contributed by atoms with Gasteiger partial charge in [0.2, 0.25) is 5.91 Å². The monoisotopic (exact) mass is 490 g/mol. The van der Waals surface area contributed by atoms with Gasteiger partial charge in [0, 0.05) is 22.3 Å². The highest BCUT2D eigenvalue weighted by Crippen LogP contribution is 2.35. The van der Waals surface area contributed by atoms with Crippen molar-refractivity contribution < 1.29 is 9.59 Å². The van der Waals surface area contributed by atoms with Crippen LogP contribution in [0.4, 0.5) is 5.69 Å². The van der Waals surface area contributed by atoms with Crippen LogP contribution in [0.1, 0.15) is 62.0 Å². The van der Waals surface area contributed by atoms with Crippen LogP contribution in [0.15, 0.2) is 54.6 Å². The minimum Gasteiger partial charge on any atom is -0.351 e. The molecule has 1 atom stereocenters. The van der Waals surface area contributed by atoms with Crippen molar-refractivity contribution in [1.82, 2.24) is 15.1 Å². The molecule has 1 saturated carbocycles. The van der Waals surface area contributed by atoms with Crippen LogP contribution in [0, 0.1) is 0 Å². The van der Waals surface area contributed by atoms with E-state index in [1.165, 1.54) is 12.0 Å². The van der Waals surface area contributed by atoms with Gasteiger partial charge >= 0.3 is 0 Å². The van der Waals surface area contributed by atoms with Crippen molar-refractivity contribution in [1.29, 1.82) is 0 Å². The van der Waals surface area contributed by atoms with E-state index in [-0.39, 0.29) is 24.4 Å². The second kappa shape index (κ2) is 9.50. The third-order valence-corrected chi connectivity index (χ3v) is 7.54. The summed E-state index contributed by atoms with van der Waals surface area (Å²) in [7, 11) is 0. The number of aryl methyl sites for hydroxylation is 1. The summed E-state index contributed by atoms with van der Waals surface area (Å²) in [5.74, 6) is -0.420. The Morgan fingerprint density at radius 2 is 1.86 bits per heavy atom. The summed E-state index contributed by atoms with van der Waals surface area (Å²) in [6.45, 7) is 4.20. The van der Waals surface area contributed by atoms with Gasteiger partial charge in [0.1, 0.15) is 11.2 Å². The van der Waals surface area contributed by atoms with Crippen molar-refractivity contribution in [2.45, 2.75) is 70.5 Å². The summed E-state index contributed by atoms with van der Waals surface area (Å²) < 4.78 is 1.69. The molecule has 0 bridgehead atoms. The van der Waals surface area contributed by atoms with Crippen LogP contribution >= 0.6 is 11.6 Å². The molecule has 5 rings (SSSR count). The lowest BCUT2D eigenvalue weighted by atomic mass is 9.91. The first-order valence-corrected chi connectivity index (χ1v) is 12.8. The van der Waals surface area contributed by atoms with Gasteiger partial charge in [-0.2, -0.15) is 5.10 Å². The molecule has 35 heavy (non-hydrogen) atoms. The summed E-state index contributed by atoms with van der Waals surface area (Å²) in [6, 6.07) is 17.3. The Morgan fingerprint density at radius 1 is 1.11 bits per heavy atom. The van der Waals surface area contributed by atoms with Gasteiger partial charge in [0.05, 0.1) is 12.2 Å². The molecule has 3 aromatic rings. The van der Waals surface area contributed by atoms with Crippen LogP contribution < -0.4 is 10.2 Å². The van der Waals surface area contributed by atoms with E-state index in [0.29, 0.717) is 16.4 Å². The fourth-order valence-electron chi connectivity index (χ4n) is 5.24. The van der Waals surface area contributed by atoms with Crippen molar-refractivity contribution in [2.24, 2.45) is 0 Å². The maximum atomic E-state index is 13.9. The van der Waals surface area contributed by atoms with Gasteiger partial charge in [-0.15, -0.1) is 0 Å². The smallest absolute Gasteiger partial charge is 0.277 e. The number of nitrogens with one attached hydrogen (secondary N) is 1. The zero-order valence-corrected chi connectivity index (χ0v) is 21.0. The van der Waals surface area contributed by atoms with Crippen molar-refractivity contribution in [3.63, 3.8) is 0 Å². The number of rotatable bonds is 5. The highest BCUT2D eigenvalue weighted by atomic mass is 35.5. The van der Waals surface area contributed by atoms with Crippen molar-refractivity contribution >= 4 is 29.1 Å². The largest absolute Gasteiger partial charge is 0.351 e. The molecule has 2 amide bonds. The van der Waals surface area contributed by atoms with E-state index < -0.39 is 5.54 Å². The molecule has 2 aliphatic rings. The molecule has 1 aliphatic carbocycles.